The van der Waals surface area contributed by atoms with Crippen molar-refractivity contribution in [2.75, 3.05) is 25.5 Å². The number of benzene rings is 2. The first-order chi connectivity index (χ1) is 15.6. The molecule has 2 amide bonds. The van der Waals surface area contributed by atoms with E-state index in [2.05, 4.69) is 44.8 Å². The lowest BCUT2D eigenvalue weighted by Crippen LogP contribution is -2.39. The minimum Gasteiger partial charge on any atom is -0.493 e. The minimum absolute atomic E-state index is 0.128. The van der Waals surface area contributed by atoms with Gasteiger partial charge in [-0.1, -0.05) is 36.4 Å². The van der Waals surface area contributed by atoms with Gasteiger partial charge in [0.15, 0.2) is 11.5 Å². The average molecular weight is 433 g/mol. The van der Waals surface area contributed by atoms with Gasteiger partial charge in [-0.15, -0.1) is 0 Å². The summed E-state index contributed by atoms with van der Waals surface area (Å²) in [6.07, 6.45) is 2.51. The van der Waals surface area contributed by atoms with E-state index in [1.165, 1.54) is 5.56 Å². The summed E-state index contributed by atoms with van der Waals surface area (Å²) in [6, 6.07) is 19.5. The third-order valence-corrected chi connectivity index (χ3v) is 5.38. The average Bonchev–Trinajstić information content (AvgIpc) is 3.23. The molecule has 2 aromatic carbocycles. The molecule has 1 aromatic heterocycles. The molecule has 2 heterocycles. The maximum Gasteiger partial charge on any atom is 0.319 e. The number of ether oxygens (including phenoxy) is 2. The molecule has 7 nitrogen and oxygen atoms in total. The fourth-order valence-electron chi connectivity index (χ4n) is 3.77. The summed E-state index contributed by atoms with van der Waals surface area (Å²) in [4.78, 5) is 19.1. The third kappa shape index (κ3) is 5.76. The Balaban J connectivity index is 1.26. The number of rotatable bonds is 7. The van der Waals surface area contributed by atoms with E-state index in [-0.39, 0.29) is 12.1 Å². The Morgan fingerprint density at radius 2 is 1.97 bits per heavy atom. The second kappa shape index (κ2) is 10.2. The van der Waals surface area contributed by atoms with Crippen LogP contribution in [0.25, 0.3) is 0 Å². The predicted molar refractivity (Wildman–Crippen MR) is 124 cm³/mol. The summed E-state index contributed by atoms with van der Waals surface area (Å²) in [6.45, 7) is 4.70. The van der Waals surface area contributed by atoms with Crippen LogP contribution in [0.15, 0.2) is 66.9 Å². The van der Waals surface area contributed by atoms with Crippen molar-refractivity contribution in [3.05, 3.63) is 78.0 Å². The zero-order valence-electron chi connectivity index (χ0n) is 18.4. The quantitative estimate of drug-likeness (QED) is 0.571. The van der Waals surface area contributed by atoms with Crippen molar-refractivity contribution in [1.29, 1.82) is 0 Å². The smallest absolute Gasteiger partial charge is 0.319 e. The van der Waals surface area contributed by atoms with E-state index in [9.17, 15) is 4.79 Å². The summed E-state index contributed by atoms with van der Waals surface area (Å²) in [5.74, 6) is 1.65. The van der Waals surface area contributed by atoms with Gasteiger partial charge >= 0.3 is 6.03 Å². The minimum atomic E-state index is -0.229. The van der Waals surface area contributed by atoms with Crippen molar-refractivity contribution < 1.29 is 14.3 Å². The van der Waals surface area contributed by atoms with Crippen LogP contribution in [0.3, 0.4) is 0 Å². The van der Waals surface area contributed by atoms with Crippen LogP contribution in [0.1, 0.15) is 17.5 Å². The van der Waals surface area contributed by atoms with E-state index in [1.807, 2.05) is 31.2 Å². The summed E-state index contributed by atoms with van der Waals surface area (Å²) < 4.78 is 11.2. The van der Waals surface area contributed by atoms with Crippen LogP contribution >= 0.6 is 0 Å². The fraction of sp³-hybridized carbons (Fsp3) is 0.280. The predicted octanol–water partition coefficient (Wildman–Crippen LogP) is 4.59. The highest BCUT2D eigenvalue weighted by Gasteiger charge is 2.23. The van der Waals surface area contributed by atoms with Crippen LogP contribution in [-0.2, 0) is 6.54 Å². The Labute approximate surface area is 188 Å². The molecule has 166 valence electrons. The molecule has 7 heteroatoms. The Morgan fingerprint density at radius 3 is 2.72 bits per heavy atom. The first kappa shape index (κ1) is 21.6. The number of hydrogen-bond acceptors (Lipinski definition) is 5. The van der Waals surface area contributed by atoms with Crippen LogP contribution in [-0.4, -0.2) is 42.2 Å². The number of nitrogens with one attached hydrogen (secondary N) is 2. The van der Waals surface area contributed by atoms with Crippen LogP contribution in [0.5, 0.6) is 17.4 Å². The van der Waals surface area contributed by atoms with Crippen molar-refractivity contribution in [2.24, 2.45) is 0 Å². The monoisotopic (exact) mass is 432 g/mol. The fourth-order valence-corrected chi connectivity index (χ4v) is 3.77. The largest absolute Gasteiger partial charge is 0.493 e. The number of pyridine rings is 1. The molecule has 0 saturated carbocycles. The molecule has 32 heavy (non-hydrogen) atoms. The van der Waals surface area contributed by atoms with Crippen LogP contribution in [0, 0.1) is 6.92 Å². The number of methoxy groups -OCH3 is 1. The van der Waals surface area contributed by atoms with Gasteiger partial charge in [-0.25, -0.2) is 9.78 Å². The molecule has 1 saturated heterocycles. The number of amides is 2. The maximum atomic E-state index is 12.4. The van der Waals surface area contributed by atoms with E-state index in [1.54, 1.807) is 25.4 Å². The Morgan fingerprint density at radius 1 is 1.12 bits per heavy atom. The molecule has 0 unspecified atom stereocenters. The number of aryl methyl sites for hydroxylation is 1. The van der Waals surface area contributed by atoms with Crippen LogP contribution in [0.4, 0.5) is 10.5 Å². The molecule has 0 bridgehead atoms. The van der Waals surface area contributed by atoms with E-state index >= 15 is 0 Å². The van der Waals surface area contributed by atoms with Gasteiger partial charge in [0.2, 0.25) is 5.88 Å². The molecule has 1 atom stereocenters. The van der Waals surface area contributed by atoms with Crippen molar-refractivity contribution in [2.45, 2.75) is 25.9 Å². The highest BCUT2D eigenvalue weighted by atomic mass is 16.5. The molecule has 1 aliphatic rings. The van der Waals surface area contributed by atoms with E-state index in [4.69, 9.17) is 9.47 Å². The van der Waals surface area contributed by atoms with Crippen molar-refractivity contribution in [3.8, 4) is 17.4 Å². The van der Waals surface area contributed by atoms with Crippen LogP contribution < -0.4 is 20.1 Å². The number of aromatic nitrogens is 1. The van der Waals surface area contributed by atoms with Gasteiger partial charge in [0.25, 0.3) is 0 Å². The molecule has 0 aliphatic carbocycles. The van der Waals surface area contributed by atoms with Gasteiger partial charge in [0.1, 0.15) is 0 Å². The first-order valence-corrected chi connectivity index (χ1v) is 10.7. The van der Waals surface area contributed by atoms with Crippen molar-refractivity contribution in [3.63, 3.8) is 0 Å². The Kier molecular flexibility index (Phi) is 6.87. The van der Waals surface area contributed by atoms with Gasteiger partial charge in [0.05, 0.1) is 19.0 Å². The maximum absolute atomic E-state index is 12.4. The number of likely N-dealkylation sites (tertiary alicyclic amines) is 1. The molecule has 2 N–H and O–H groups in total. The number of carbonyl (C=O) groups is 1. The lowest BCUT2D eigenvalue weighted by Gasteiger charge is -2.17. The summed E-state index contributed by atoms with van der Waals surface area (Å²) in [5, 5.41) is 5.89. The summed E-state index contributed by atoms with van der Waals surface area (Å²) in [7, 11) is 1.60. The highest BCUT2D eigenvalue weighted by molar-refractivity contribution is 5.89. The number of urea groups is 1. The second-order valence-electron chi connectivity index (χ2n) is 7.95. The normalized spacial score (nSPS) is 15.9. The Bertz CT molecular complexity index is 1040. The number of anilines is 1. The highest BCUT2D eigenvalue weighted by Crippen LogP contribution is 2.31. The van der Waals surface area contributed by atoms with Gasteiger partial charge in [-0.05, 0) is 42.7 Å². The standard InChI is InChI=1S/C25H28N4O3/c1-18-8-10-22(23(14-18)31-2)32-24-11-9-20(15-26-24)27-25(30)28-21-12-13-29(17-21)16-19-6-4-3-5-7-19/h3-11,14-15,21H,12-13,16-17H2,1-2H3,(H2,27,28,30)/t21-/m0/s1. The molecule has 3 aromatic rings. The van der Waals surface area contributed by atoms with Gasteiger partial charge in [-0.3, -0.25) is 4.90 Å². The molecular weight excluding hydrogens is 404 g/mol. The first-order valence-electron chi connectivity index (χ1n) is 10.7. The second-order valence-corrected chi connectivity index (χ2v) is 7.95. The summed E-state index contributed by atoms with van der Waals surface area (Å²) >= 11 is 0. The van der Waals surface area contributed by atoms with E-state index in [0.717, 1.165) is 31.6 Å². The lowest BCUT2D eigenvalue weighted by molar-refractivity contribution is 0.247. The molecule has 0 spiro atoms. The van der Waals surface area contributed by atoms with Gasteiger partial charge < -0.3 is 20.1 Å². The molecule has 4 rings (SSSR count). The number of carbonyl (C=O) groups excluding carboxylic acids is 1. The molecular formula is C25H28N4O3. The SMILES string of the molecule is COc1cc(C)ccc1Oc1ccc(NC(=O)N[C@H]2CCN(Cc3ccccc3)C2)cn1. The van der Waals surface area contributed by atoms with E-state index < -0.39 is 0 Å². The van der Waals surface area contributed by atoms with Crippen molar-refractivity contribution >= 4 is 11.7 Å². The zero-order valence-corrected chi connectivity index (χ0v) is 18.4. The third-order valence-electron chi connectivity index (χ3n) is 5.38. The van der Waals surface area contributed by atoms with Gasteiger partial charge in [0, 0.05) is 31.7 Å². The van der Waals surface area contributed by atoms with Gasteiger partial charge in [-0.2, -0.15) is 0 Å². The number of hydrogen-bond donors (Lipinski definition) is 2. The lowest BCUT2D eigenvalue weighted by atomic mass is 10.2. The molecule has 1 fully saturated rings. The molecule has 1 aliphatic heterocycles. The molecule has 0 radical (unpaired) electrons. The topological polar surface area (TPSA) is 75.7 Å². The Hall–Kier alpha value is -3.58. The van der Waals surface area contributed by atoms with Crippen LogP contribution in [0.2, 0.25) is 0 Å². The zero-order chi connectivity index (χ0) is 22.3. The van der Waals surface area contributed by atoms with Crippen molar-refractivity contribution in [1.82, 2.24) is 15.2 Å². The summed E-state index contributed by atoms with van der Waals surface area (Å²) in [5.41, 5.74) is 2.97. The number of nitrogens with zero attached hydrogens (tertiary/aromatic N) is 2. The van der Waals surface area contributed by atoms with E-state index in [0.29, 0.717) is 23.1 Å².